The van der Waals surface area contributed by atoms with Crippen molar-refractivity contribution in [2.75, 3.05) is 0 Å². The molecule has 2 rings (SSSR count). The molecule has 0 saturated carbocycles. The van der Waals surface area contributed by atoms with Crippen LogP contribution < -0.4 is 5.32 Å². The number of aliphatic carboxylic acids is 1. The van der Waals surface area contributed by atoms with Crippen LogP contribution >= 0.6 is 0 Å². The van der Waals surface area contributed by atoms with Gasteiger partial charge in [0.1, 0.15) is 0 Å². The van der Waals surface area contributed by atoms with Crippen molar-refractivity contribution in [2.24, 2.45) is 5.16 Å². The quantitative estimate of drug-likeness (QED) is 0.839. The molecule has 0 spiro atoms. The normalized spacial score (nSPS) is 20.5. The third-order valence-electron chi connectivity index (χ3n) is 3.31. The second-order valence-electron chi connectivity index (χ2n) is 5.08. The van der Waals surface area contributed by atoms with E-state index in [-0.39, 0.29) is 6.42 Å². The Morgan fingerprint density at radius 2 is 2.14 bits per heavy atom. The first-order valence-corrected chi connectivity index (χ1v) is 6.97. The molecule has 1 aromatic rings. The van der Waals surface area contributed by atoms with Crippen molar-refractivity contribution in [3.05, 3.63) is 48.0 Å². The summed E-state index contributed by atoms with van der Waals surface area (Å²) < 4.78 is 0. The number of benzene rings is 1. The molecule has 0 bridgehead atoms. The van der Waals surface area contributed by atoms with Crippen molar-refractivity contribution < 1.29 is 19.5 Å². The summed E-state index contributed by atoms with van der Waals surface area (Å²) in [5.74, 6) is -1.58. The molecule has 1 aromatic carbocycles. The molecule has 0 radical (unpaired) electrons. The highest BCUT2D eigenvalue weighted by molar-refractivity contribution is 6.02. The van der Waals surface area contributed by atoms with E-state index in [4.69, 9.17) is 9.94 Å². The Morgan fingerprint density at radius 3 is 2.77 bits per heavy atom. The van der Waals surface area contributed by atoms with E-state index in [1.54, 1.807) is 12.2 Å². The van der Waals surface area contributed by atoms with Gasteiger partial charge in [-0.25, -0.2) is 0 Å². The summed E-state index contributed by atoms with van der Waals surface area (Å²) in [6.45, 7) is 2.12. The standard InChI is InChI=1S/C16H18N2O4/c1-2-6-13-9-16(22-18-13,10-14(19)20)15(21)17-11-12-7-4-3-5-8-12/h2-8H,9-11H2,1H3,(H,17,21)(H,19,20). The molecule has 6 nitrogen and oxygen atoms in total. The number of carbonyl (C=O) groups excluding carboxylic acids is 1. The van der Waals surface area contributed by atoms with Gasteiger partial charge in [-0.3, -0.25) is 9.59 Å². The summed E-state index contributed by atoms with van der Waals surface area (Å²) in [4.78, 5) is 28.7. The lowest BCUT2D eigenvalue weighted by Gasteiger charge is -2.23. The monoisotopic (exact) mass is 302 g/mol. The molecule has 1 heterocycles. The zero-order chi connectivity index (χ0) is 16.0. The number of carboxylic acid groups (broad SMARTS) is 1. The minimum Gasteiger partial charge on any atom is -0.481 e. The van der Waals surface area contributed by atoms with Gasteiger partial charge in [0.25, 0.3) is 5.91 Å². The maximum absolute atomic E-state index is 12.4. The van der Waals surface area contributed by atoms with Crippen LogP contribution in [0.25, 0.3) is 0 Å². The summed E-state index contributed by atoms with van der Waals surface area (Å²) in [6, 6.07) is 9.37. The van der Waals surface area contributed by atoms with Crippen LogP contribution in [0.5, 0.6) is 0 Å². The molecule has 1 amide bonds. The summed E-state index contributed by atoms with van der Waals surface area (Å²) >= 11 is 0. The van der Waals surface area contributed by atoms with E-state index in [9.17, 15) is 9.59 Å². The highest BCUT2D eigenvalue weighted by Gasteiger charge is 2.47. The number of carboxylic acids is 1. The fraction of sp³-hybridized carbons (Fsp3) is 0.312. The zero-order valence-corrected chi connectivity index (χ0v) is 12.3. The summed E-state index contributed by atoms with van der Waals surface area (Å²) in [7, 11) is 0. The van der Waals surface area contributed by atoms with Gasteiger partial charge in [0.15, 0.2) is 0 Å². The van der Waals surface area contributed by atoms with Gasteiger partial charge in [-0.15, -0.1) is 0 Å². The fourth-order valence-electron chi connectivity index (χ4n) is 2.27. The van der Waals surface area contributed by atoms with Crippen molar-refractivity contribution in [1.82, 2.24) is 5.32 Å². The maximum Gasteiger partial charge on any atom is 0.308 e. The minimum absolute atomic E-state index is 0.143. The predicted molar refractivity (Wildman–Crippen MR) is 81.2 cm³/mol. The number of nitrogens with one attached hydrogen (secondary N) is 1. The molecule has 22 heavy (non-hydrogen) atoms. The first-order chi connectivity index (χ1) is 10.6. The second kappa shape index (κ2) is 6.89. The largest absolute Gasteiger partial charge is 0.481 e. The third kappa shape index (κ3) is 3.72. The van der Waals surface area contributed by atoms with Crippen molar-refractivity contribution in [2.45, 2.75) is 31.9 Å². The van der Waals surface area contributed by atoms with Crippen LogP contribution in [0.2, 0.25) is 0 Å². The first-order valence-electron chi connectivity index (χ1n) is 6.97. The number of nitrogens with zero attached hydrogens (tertiary/aromatic N) is 1. The molecule has 1 aliphatic rings. The van der Waals surface area contributed by atoms with Crippen LogP contribution in [0.3, 0.4) is 0 Å². The third-order valence-corrected chi connectivity index (χ3v) is 3.31. The molecular weight excluding hydrogens is 284 g/mol. The van der Waals surface area contributed by atoms with Crippen molar-refractivity contribution in [3.63, 3.8) is 0 Å². The number of rotatable bonds is 6. The van der Waals surface area contributed by atoms with Crippen LogP contribution in [0.1, 0.15) is 25.3 Å². The van der Waals surface area contributed by atoms with E-state index in [2.05, 4.69) is 10.5 Å². The summed E-state index contributed by atoms with van der Waals surface area (Å²) in [5.41, 5.74) is 0.00246. The van der Waals surface area contributed by atoms with Crippen molar-refractivity contribution in [1.29, 1.82) is 0 Å². The van der Waals surface area contributed by atoms with Gasteiger partial charge < -0.3 is 15.3 Å². The Balaban J connectivity index is 2.06. The molecule has 0 aliphatic carbocycles. The Bertz CT molecular complexity index is 610. The Morgan fingerprint density at radius 1 is 1.41 bits per heavy atom. The lowest BCUT2D eigenvalue weighted by molar-refractivity contribution is -0.156. The Kier molecular flexibility index (Phi) is 4.93. The van der Waals surface area contributed by atoms with Crippen molar-refractivity contribution in [3.8, 4) is 0 Å². The number of oxime groups is 1. The number of hydrogen-bond acceptors (Lipinski definition) is 4. The Hall–Kier alpha value is -2.63. The molecule has 116 valence electrons. The molecule has 1 unspecified atom stereocenters. The molecule has 1 atom stereocenters. The number of amides is 1. The van der Waals surface area contributed by atoms with Gasteiger partial charge >= 0.3 is 5.97 Å². The molecule has 0 saturated heterocycles. The van der Waals surface area contributed by atoms with Crippen molar-refractivity contribution >= 4 is 17.6 Å². The van der Waals surface area contributed by atoms with E-state index >= 15 is 0 Å². The van der Waals surface area contributed by atoms with E-state index in [0.717, 1.165) is 5.56 Å². The van der Waals surface area contributed by atoms with Crippen LogP contribution in [-0.4, -0.2) is 28.3 Å². The molecular formula is C16H18N2O4. The molecule has 0 fully saturated rings. The van der Waals surface area contributed by atoms with Crippen LogP contribution in [0, 0.1) is 0 Å². The lowest BCUT2D eigenvalue weighted by atomic mass is 9.92. The lowest BCUT2D eigenvalue weighted by Crippen LogP contribution is -2.48. The SMILES string of the molecule is CC=CC1=NOC(CC(=O)O)(C(=O)NCc2ccccc2)C1. The summed E-state index contributed by atoms with van der Waals surface area (Å²) in [6.07, 6.45) is 3.18. The minimum atomic E-state index is -1.48. The van der Waals surface area contributed by atoms with Gasteiger partial charge in [0, 0.05) is 13.0 Å². The fourth-order valence-corrected chi connectivity index (χ4v) is 2.27. The molecule has 1 aliphatic heterocycles. The Labute approximate surface area is 128 Å². The average molecular weight is 302 g/mol. The number of carbonyl (C=O) groups is 2. The highest BCUT2D eigenvalue weighted by atomic mass is 16.7. The average Bonchev–Trinajstić information content (AvgIpc) is 2.89. The van der Waals surface area contributed by atoms with Gasteiger partial charge in [-0.2, -0.15) is 0 Å². The van der Waals surface area contributed by atoms with Gasteiger partial charge in [0.05, 0.1) is 12.1 Å². The van der Waals surface area contributed by atoms with E-state index in [1.165, 1.54) is 0 Å². The van der Waals surface area contributed by atoms with Crippen LogP contribution in [-0.2, 0) is 21.0 Å². The highest BCUT2D eigenvalue weighted by Crippen LogP contribution is 2.29. The molecule has 6 heteroatoms. The second-order valence-corrected chi connectivity index (χ2v) is 5.08. The van der Waals surface area contributed by atoms with Gasteiger partial charge in [0.2, 0.25) is 5.60 Å². The predicted octanol–water partition coefficient (Wildman–Crippen LogP) is 1.87. The summed E-state index contributed by atoms with van der Waals surface area (Å²) in [5, 5.41) is 15.6. The number of hydrogen-bond donors (Lipinski definition) is 2. The molecule has 0 aromatic heterocycles. The van der Waals surface area contributed by atoms with E-state index < -0.39 is 23.9 Å². The van der Waals surface area contributed by atoms with E-state index in [1.807, 2.05) is 37.3 Å². The van der Waals surface area contributed by atoms with E-state index in [0.29, 0.717) is 12.3 Å². The smallest absolute Gasteiger partial charge is 0.308 e. The molecule has 2 N–H and O–H groups in total. The van der Waals surface area contributed by atoms with Gasteiger partial charge in [-0.05, 0) is 18.6 Å². The van der Waals surface area contributed by atoms with Gasteiger partial charge in [-0.1, -0.05) is 41.6 Å². The topological polar surface area (TPSA) is 88.0 Å². The van der Waals surface area contributed by atoms with Crippen LogP contribution in [0.4, 0.5) is 0 Å². The zero-order valence-electron chi connectivity index (χ0n) is 12.3. The number of allylic oxidation sites excluding steroid dienone is 2. The van der Waals surface area contributed by atoms with Crippen LogP contribution in [0.15, 0.2) is 47.6 Å². The maximum atomic E-state index is 12.4. The first kappa shape index (κ1) is 15.8.